The molecule has 0 aliphatic carbocycles. The lowest BCUT2D eigenvalue weighted by molar-refractivity contribution is -0.115. The molecule has 0 unspecified atom stereocenters. The number of hydrogen-bond donors (Lipinski definition) is 3. The van der Waals surface area contributed by atoms with Gasteiger partial charge < -0.3 is 19.8 Å². The molecule has 6 heterocycles. The Labute approximate surface area is 215 Å². The topological polar surface area (TPSA) is 144 Å². The molecule has 1 amide bonds. The van der Waals surface area contributed by atoms with Gasteiger partial charge in [-0.25, -0.2) is 9.97 Å². The van der Waals surface area contributed by atoms with Gasteiger partial charge in [0.2, 0.25) is 12.7 Å². The molecular weight excluding hydrogens is 484 g/mol. The van der Waals surface area contributed by atoms with E-state index in [1.807, 2.05) is 36.4 Å². The third-order valence-corrected chi connectivity index (χ3v) is 6.35. The summed E-state index contributed by atoms with van der Waals surface area (Å²) in [5.41, 5.74) is 7.38. The van der Waals surface area contributed by atoms with Crippen LogP contribution >= 0.6 is 0 Å². The molecule has 0 saturated carbocycles. The maximum absolute atomic E-state index is 11.8. The van der Waals surface area contributed by atoms with Crippen LogP contribution in [0.15, 0.2) is 61.2 Å². The van der Waals surface area contributed by atoms with Crippen molar-refractivity contribution < 1.29 is 14.3 Å². The number of rotatable bonds is 5. The fraction of sp³-hybridized carbons (Fsp3) is 0.111. The van der Waals surface area contributed by atoms with Gasteiger partial charge in [0.1, 0.15) is 5.52 Å². The zero-order chi connectivity index (χ0) is 25.6. The van der Waals surface area contributed by atoms with E-state index in [4.69, 9.17) is 19.4 Å². The molecule has 3 N–H and O–H groups in total. The highest BCUT2D eigenvalue weighted by Gasteiger charge is 2.19. The number of H-pyrrole nitrogens is 2. The minimum atomic E-state index is -0.0797. The molecular formula is C27H20N8O3. The summed E-state index contributed by atoms with van der Waals surface area (Å²) in [6.45, 7) is 2.01. The van der Waals surface area contributed by atoms with E-state index in [0.717, 1.165) is 39.0 Å². The van der Waals surface area contributed by atoms with Gasteiger partial charge in [-0.05, 0) is 35.9 Å². The van der Waals surface area contributed by atoms with Crippen molar-refractivity contribution in [1.29, 1.82) is 0 Å². The highest BCUT2D eigenvalue weighted by atomic mass is 16.7. The fourth-order valence-corrected chi connectivity index (χ4v) is 4.44. The van der Waals surface area contributed by atoms with E-state index in [1.165, 1.54) is 0 Å². The predicted molar refractivity (Wildman–Crippen MR) is 140 cm³/mol. The lowest BCUT2D eigenvalue weighted by atomic mass is 10.1. The van der Waals surface area contributed by atoms with Crippen molar-refractivity contribution >= 4 is 33.7 Å². The highest BCUT2D eigenvalue weighted by Crippen LogP contribution is 2.38. The first-order valence-electron chi connectivity index (χ1n) is 12.0. The number of aromatic nitrogens is 7. The third-order valence-electron chi connectivity index (χ3n) is 6.35. The Bertz CT molecular complexity index is 1860. The van der Waals surface area contributed by atoms with Crippen LogP contribution < -0.4 is 14.8 Å². The minimum Gasteiger partial charge on any atom is -0.454 e. The first kappa shape index (κ1) is 21.9. The third kappa shape index (κ3) is 3.68. The molecule has 11 nitrogen and oxygen atoms in total. The fourth-order valence-electron chi connectivity index (χ4n) is 4.44. The van der Waals surface area contributed by atoms with Crippen LogP contribution in [0.1, 0.15) is 13.3 Å². The number of amides is 1. The smallest absolute Gasteiger partial charge is 0.231 e. The molecule has 0 radical (unpaired) electrons. The number of carbonyl (C=O) groups is 1. The van der Waals surface area contributed by atoms with Gasteiger partial charge in [-0.15, -0.1) is 0 Å². The monoisotopic (exact) mass is 504 g/mol. The summed E-state index contributed by atoms with van der Waals surface area (Å²) >= 11 is 0. The van der Waals surface area contributed by atoms with Crippen molar-refractivity contribution in [3.05, 3.63) is 61.2 Å². The van der Waals surface area contributed by atoms with E-state index in [0.29, 0.717) is 40.6 Å². The summed E-state index contributed by atoms with van der Waals surface area (Å²) in [6, 6.07) is 11.4. The second kappa shape index (κ2) is 8.66. The van der Waals surface area contributed by atoms with Crippen LogP contribution in [0.2, 0.25) is 0 Å². The van der Waals surface area contributed by atoms with E-state index < -0.39 is 0 Å². The molecule has 5 aromatic heterocycles. The summed E-state index contributed by atoms with van der Waals surface area (Å²) in [5.74, 6) is 1.89. The number of nitrogens with one attached hydrogen (secondary N) is 3. The quantitative estimate of drug-likeness (QED) is 0.306. The Morgan fingerprint density at radius 2 is 1.82 bits per heavy atom. The van der Waals surface area contributed by atoms with Gasteiger partial charge >= 0.3 is 0 Å². The molecule has 38 heavy (non-hydrogen) atoms. The molecule has 11 heteroatoms. The first-order valence-corrected chi connectivity index (χ1v) is 12.0. The molecule has 0 fully saturated rings. The number of fused-ring (bicyclic) bond motifs is 3. The number of anilines is 1. The Balaban J connectivity index is 1.29. The number of nitrogens with zero attached hydrogens (tertiary/aromatic N) is 5. The van der Waals surface area contributed by atoms with Crippen molar-refractivity contribution in [2.24, 2.45) is 0 Å². The van der Waals surface area contributed by atoms with Crippen LogP contribution in [0.3, 0.4) is 0 Å². The SMILES string of the molecule is CCC(=O)Nc1cncc(-c2ccc3[nH]nc(-c4nc5c(-c6ccc7c(c6)OCO7)cncc5[nH]4)c3n2)c1. The lowest BCUT2D eigenvalue weighted by Gasteiger charge is -2.06. The lowest BCUT2D eigenvalue weighted by Crippen LogP contribution is -2.09. The highest BCUT2D eigenvalue weighted by molar-refractivity contribution is 5.96. The van der Waals surface area contributed by atoms with Crippen molar-refractivity contribution in [2.75, 3.05) is 12.1 Å². The van der Waals surface area contributed by atoms with Crippen molar-refractivity contribution in [3.8, 4) is 45.4 Å². The Kier molecular flexibility index (Phi) is 5.00. The van der Waals surface area contributed by atoms with Crippen LogP contribution in [0, 0.1) is 0 Å². The van der Waals surface area contributed by atoms with Crippen LogP contribution in [-0.4, -0.2) is 47.8 Å². The number of aromatic amines is 2. The van der Waals surface area contributed by atoms with Gasteiger partial charge in [0, 0.05) is 29.9 Å². The maximum Gasteiger partial charge on any atom is 0.231 e. The van der Waals surface area contributed by atoms with Gasteiger partial charge in [0.25, 0.3) is 0 Å². The minimum absolute atomic E-state index is 0.0797. The second-order valence-electron chi connectivity index (χ2n) is 8.77. The molecule has 0 spiro atoms. The van der Waals surface area contributed by atoms with E-state index >= 15 is 0 Å². The molecule has 1 aliphatic rings. The molecule has 0 atom stereocenters. The van der Waals surface area contributed by atoms with Crippen molar-refractivity contribution in [2.45, 2.75) is 13.3 Å². The number of carbonyl (C=O) groups excluding carboxylic acids is 1. The van der Waals surface area contributed by atoms with E-state index in [9.17, 15) is 4.79 Å². The summed E-state index contributed by atoms with van der Waals surface area (Å²) in [6.07, 6.45) is 7.22. The van der Waals surface area contributed by atoms with Crippen molar-refractivity contribution in [3.63, 3.8) is 0 Å². The molecule has 186 valence electrons. The van der Waals surface area contributed by atoms with Crippen LogP contribution in [0.4, 0.5) is 5.69 Å². The number of imidazole rings is 1. The van der Waals surface area contributed by atoms with Crippen LogP contribution in [0.5, 0.6) is 11.5 Å². The molecule has 6 aromatic rings. The van der Waals surface area contributed by atoms with Gasteiger partial charge in [-0.1, -0.05) is 13.0 Å². The van der Waals surface area contributed by atoms with Gasteiger partial charge in [0.05, 0.1) is 40.3 Å². The van der Waals surface area contributed by atoms with E-state index in [1.54, 1.807) is 31.7 Å². The van der Waals surface area contributed by atoms with Gasteiger partial charge in [-0.2, -0.15) is 5.10 Å². The van der Waals surface area contributed by atoms with E-state index in [2.05, 4.69) is 30.5 Å². The summed E-state index contributed by atoms with van der Waals surface area (Å²) < 4.78 is 11.0. The molecule has 0 bridgehead atoms. The van der Waals surface area contributed by atoms with Crippen molar-refractivity contribution in [1.82, 2.24) is 35.1 Å². The average molecular weight is 505 g/mol. The largest absolute Gasteiger partial charge is 0.454 e. The van der Waals surface area contributed by atoms with E-state index in [-0.39, 0.29) is 12.7 Å². The van der Waals surface area contributed by atoms with Gasteiger partial charge in [0.15, 0.2) is 23.0 Å². The van der Waals surface area contributed by atoms with Gasteiger partial charge in [-0.3, -0.25) is 19.9 Å². The number of hydrogen-bond acceptors (Lipinski definition) is 8. The molecule has 1 aromatic carbocycles. The normalized spacial score (nSPS) is 12.3. The number of pyridine rings is 3. The summed E-state index contributed by atoms with van der Waals surface area (Å²) in [5, 5.41) is 10.4. The molecule has 7 rings (SSSR count). The number of ether oxygens (including phenoxy) is 2. The predicted octanol–water partition coefficient (Wildman–Crippen LogP) is 4.70. The van der Waals surface area contributed by atoms with Crippen LogP contribution in [-0.2, 0) is 4.79 Å². The Morgan fingerprint density at radius 3 is 2.74 bits per heavy atom. The van der Waals surface area contributed by atoms with Crippen LogP contribution in [0.25, 0.3) is 56.0 Å². The molecule has 1 aliphatic heterocycles. The first-order chi connectivity index (χ1) is 18.7. The zero-order valence-electron chi connectivity index (χ0n) is 20.1. The average Bonchev–Trinajstić information content (AvgIpc) is 3.69. The second-order valence-corrected chi connectivity index (χ2v) is 8.77. The standard InChI is InChI=1S/C27H20N8O3/c1-2-23(36)30-16-7-15(9-28-10-16)18-4-5-19-25(31-18)26(35-34-19)27-32-20-12-29-11-17(24(20)33-27)14-3-6-21-22(8-14)38-13-37-21/h3-12H,2,13H2,1H3,(H,30,36)(H,32,33)(H,34,35). The molecule has 0 saturated heterocycles. The summed E-state index contributed by atoms with van der Waals surface area (Å²) in [7, 11) is 0. The Morgan fingerprint density at radius 1 is 0.921 bits per heavy atom. The summed E-state index contributed by atoms with van der Waals surface area (Å²) in [4.78, 5) is 33.6. The maximum atomic E-state index is 11.8. The zero-order valence-corrected chi connectivity index (χ0v) is 20.1. The Hall–Kier alpha value is -5.32. The number of benzene rings is 1.